The van der Waals surface area contributed by atoms with Gasteiger partial charge in [0.05, 0.1) is 12.4 Å². The Morgan fingerprint density at radius 2 is 2.29 bits per heavy atom. The molecule has 2 aromatic rings. The quantitative estimate of drug-likeness (QED) is 0.396. The minimum absolute atomic E-state index is 0.0506. The number of H-pyrrole nitrogens is 1. The molecule has 0 amide bonds. The number of nitrogens with zero attached hydrogens (tertiary/aromatic N) is 3. The molecule has 1 unspecified atom stereocenters. The highest BCUT2D eigenvalue weighted by atomic mass is 16.5. The van der Waals surface area contributed by atoms with E-state index in [1.54, 1.807) is 6.92 Å². The van der Waals surface area contributed by atoms with Gasteiger partial charge in [-0.1, -0.05) is 5.92 Å². The number of hydrogen-bond acceptors (Lipinski definition) is 8. The second-order valence-electron chi connectivity index (χ2n) is 5.72. The van der Waals surface area contributed by atoms with Crippen LogP contribution in [-0.2, 0) is 4.74 Å². The van der Waals surface area contributed by atoms with E-state index in [4.69, 9.17) is 16.2 Å². The lowest BCUT2D eigenvalue weighted by atomic mass is 9.90. The molecular weight excluding hydrogens is 316 g/mol. The number of anilines is 1. The maximum absolute atomic E-state index is 11.9. The first-order valence-corrected chi connectivity index (χ1v) is 7.26. The second-order valence-corrected chi connectivity index (χ2v) is 5.72. The zero-order chi connectivity index (χ0) is 17.6. The van der Waals surface area contributed by atoms with Crippen molar-refractivity contribution in [1.82, 2.24) is 19.5 Å². The number of aliphatic hydroxyl groups is 2. The lowest BCUT2D eigenvalue weighted by Gasteiger charge is -2.27. The maximum Gasteiger partial charge on any atom is 0.280 e. The molecule has 1 saturated heterocycles. The first kappa shape index (κ1) is 16.4. The molecule has 128 valence electrons. The van der Waals surface area contributed by atoms with Gasteiger partial charge >= 0.3 is 0 Å². The molecule has 5 atom stereocenters. The highest BCUT2D eigenvalue weighted by molar-refractivity contribution is 5.70. The number of rotatable bonds is 2. The molecule has 2 aromatic heterocycles. The largest absolute Gasteiger partial charge is 0.391 e. The fraction of sp³-hybridized carbons (Fsp3) is 0.500. The summed E-state index contributed by atoms with van der Waals surface area (Å²) in [5, 5.41) is 20.3. The zero-order valence-electron chi connectivity index (χ0n) is 13.1. The first-order chi connectivity index (χ1) is 11.3. The van der Waals surface area contributed by atoms with E-state index in [0.29, 0.717) is 0 Å². The van der Waals surface area contributed by atoms with E-state index in [9.17, 15) is 15.0 Å². The van der Waals surface area contributed by atoms with E-state index in [0.717, 1.165) is 0 Å². The summed E-state index contributed by atoms with van der Waals surface area (Å²) in [6.07, 6.45) is -2.90. The maximum atomic E-state index is 11.9. The number of nitrogens with one attached hydrogen (secondary N) is 1. The molecule has 0 aliphatic carbocycles. The van der Waals surface area contributed by atoms with Crippen LogP contribution in [0.5, 0.6) is 0 Å². The minimum atomic E-state index is -1.52. The molecule has 3 rings (SSSR count). The molecule has 0 aromatic carbocycles. The van der Waals surface area contributed by atoms with Gasteiger partial charge < -0.3 is 26.4 Å². The molecule has 1 aliphatic rings. The van der Waals surface area contributed by atoms with Crippen molar-refractivity contribution in [2.45, 2.75) is 43.9 Å². The molecule has 0 radical (unpaired) electrons. The Labute approximate surface area is 136 Å². The lowest BCUT2D eigenvalue weighted by Crippen LogP contribution is -2.54. The molecule has 1 aliphatic heterocycles. The molecule has 10 nitrogen and oxygen atoms in total. The van der Waals surface area contributed by atoms with Crippen LogP contribution < -0.4 is 17.0 Å². The van der Waals surface area contributed by atoms with E-state index in [2.05, 4.69) is 26.8 Å². The van der Waals surface area contributed by atoms with Crippen LogP contribution in [-0.4, -0.2) is 53.6 Å². The van der Waals surface area contributed by atoms with Crippen LogP contribution in [0.25, 0.3) is 11.2 Å². The van der Waals surface area contributed by atoms with Crippen molar-refractivity contribution in [3.63, 3.8) is 0 Å². The zero-order valence-corrected chi connectivity index (χ0v) is 13.1. The lowest BCUT2D eigenvalue weighted by molar-refractivity contribution is -0.0756. The summed E-state index contributed by atoms with van der Waals surface area (Å²) in [6, 6.07) is 0. The Hall–Kier alpha value is -2.45. The van der Waals surface area contributed by atoms with Crippen LogP contribution in [0.2, 0.25) is 0 Å². The van der Waals surface area contributed by atoms with Gasteiger partial charge in [-0.15, -0.1) is 5.92 Å². The number of nitrogen functional groups attached to an aromatic ring is 1. The Bertz CT molecular complexity index is 894. The van der Waals surface area contributed by atoms with Crippen molar-refractivity contribution in [3.05, 3.63) is 16.7 Å². The monoisotopic (exact) mass is 334 g/mol. The van der Waals surface area contributed by atoms with E-state index in [1.807, 2.05) is 0 Å². The number of ether oxygens (including phenoxy) is 1. The third-order valence-electron chi connectivity index (χ3n) is 4.02. The Balaban J connectivity index is 2.20. The van der Waals surface area contributed by atoms with Gasteiger partial charge in [-0.25, -0.2) is 4.98 Å². The predicted octanol–water partition coefficient (Wildman–Crippen LogP) is -1.94. The van der Waals surface area contributed by atoms with E-state index >= 15 is 0 Å². The Kier molecular flexibility index (Phi) is 3.81. The van der Waals surface area contributed by atoms with Crippen molar-refractivity contribution in [3.8, 4) is 11.8 Å². The topological polar surface area (TPSA) is 165 Å². The van der Waals surface area contributed by atoms with Crippen molar-refractivity contribution in [2.75, 3.05) is 5.73 Å². The van der Waals surface area contributed by atoms with Crippen molar-refractivity contribution in [1.29, 1.82) is 0 Å². The van der Waals surface area contributed by atoms with Crippen LogP contribution >= 0.6 is 0 Å². The Morgan fingerprint density at radius 1 is 1.58 bits per heavy atom. The minimum Gasteiger partial charge on any atom is -0.391 e. The molecule has 0 spiro atoms. The molecule has 0 saturated carbocycles. The molecule has 10 heteroatoms. The van der Waals surface area contributed by atoms with Crippen LogP contribution in [0.3, 0.4) is 0 Å². The fourth-order valence-corrected chi connectivity index (χ4v) is 2.89. The highest BCUT2D eigenvalue weighted by Gasteiger charge is 2.55. The molecule has 0 bridgehead atoms. The summed E-state index contributed by atoms with van der Waals surface area (Å²) < 4.78 is 7.12. The molecule has 7 N–H and O–H groups in total. The smallest absolute Gasteiger partial charge is 0.280 e. The van der Waals surface area contributed by atoms with Crippen molar-refractivity contribution < 1.29 is 14.9 Å². The van der Waals surface area contributed by atoms with E-state index in [-0.39, 0.29) is 17.1 Å². The van der Waals surface area contributed by atoms with Gasteiger partial charge in [-0.05, 0) is 13.8 Å². The van der Waals surface area contributed by atoms with Gasteiger partial charge in [0, 0.05) is 0 Å². The van der Waals surface area contributed by atoms with E-state index in [1.165, 1.54) is 17.8 Å². The number of aromatic nitrogens is 4. The third kappa shape index (κ3) is 2.26. The number of nitrogens with two attached hydrogens (primary N) is 2. The van der Waals surface area contributed by atoms with Gasteiger partial charge in [-0.3, -0.25) is 14.3 Å². The van der Waals surface area contributed by atoms with Crippen molar-refractivity contribution in [2.24, 2.45) is 5.73 Å². The summed E-state index contributed by atoms with van der Waals surface area (Å²) in [5.41, 5.74) is 10.0. The standard InChI is InChI=1S/C14H18N6O4/c1-3-4-14(16)9(22)8(6(2)21)24-12(14)20-5-17-7-10(20)18-13(15)19-11(7)23/h5-6,8-9,12,21-22H,16H2,1-2H3,(H3,15,18,19,23)/t6-,8+,9-,12+,14?/m0/s1. The van der Waals surface area contributed by atoms with Gasteiger partial charge in [-0.2, -0.15) is 4.98 Å². The van der Waals surface area contributed by atoms with Gasteiger partial charge in [0.1, 0.15) is 12.2 Å². The highest BCUT2D eigenvalue weighted by Crippen LogP contribution is 2.38. The van der Waals surface area contributed by atoms with Crippen LogP contribution in [0.1, 0.15) is 20.1 Å². The van der Waals surface area contributed by atoms with E-state index < -0.39 is 35.6 Å². The van der Waals surface area contributed by atoms with Gasteiger partial charge in [0.2, 0.25) is 5.95 Å². The third-order valence-corrected chi connectivity index (χ3v) is 4.02. The summed E-state index contributed by atoms with van der Waals surface area (Å²) in [5.74, 6) is 5.30. The molecule has 3 heterocycles. The Morgan fingerprint density at radius 3 is 2.92 bits per heavy atom. The van der Waals surface area contributed by atoms with Crippen LogP contribution in [0, 0.1) is 11.8 Å². The van der Waals surface area contributed by atoms with Crippen LogP contribution in [0.15, 0.2) is 11.1 Å². The number of fused-ring (bicyclic) bond motifs is 1. The molecular formula is C14H18N6O4. The van der Waals surface area contributed by atoms with Crippen molar-refractivity contribution >= 4 is 17.1 Å². The molecule has 24 heavy (non-hydrogen) atoms. The number of aromatic amines is 1. The van der Waals surface area contributed by atoms with Gasteiger partial charge in [0.15, 0.2) is 22.9 Å². The number of aliphatic hydroxyl groups excluding tert-OH is 2. The predicted molar refractivity (Wildman–Crippen MR) is 84.5 cm³/mol. The summed E-state index contributed by atoms with van der Waals surface area (Å²) in [7, 11) is 0. The number of imidazole rings is 1. The number of hydrogen-bond donors (Lipinski definition) is 5. The fourth-order valence-electron chi connectivity index (χ4n) is 2.89. The summed E-state index contributed by atoms with van der Waals surface area (Å²) in [6.45, 7) is 3.05. The first-order valence-electron chi connectivity index (χ1n) is 7.26. The average molecular weight is 334 g/mol. The molecule has 1 fully saturated rings. The van der Waals surface area contributed by atoms with Gasteiger partial charge in [0.25, 0.3) is 5.56 Å². The summed E-state index contributed by atoms with van der Waals surface area (Å²) >= 11 is 0. The normalized spacial score (nSPS) is 31.0. The van der Waals surface area contributed by atoms with Crippen LogP contribution in [0.4, 0.5) is 5.95 Å². The second kappa shape index (κ2) is 5.57. The summed E-state index contributed by atoms with van der Waals surface area (Å²) in [4.78, 5) is 22.3. The SMILES string of the molecule is CC#CC1(N)[C@@H](O)[C@@H]([C@H](C)O)O[C@H]1n1cnc2c(=O)[nH]c(N)nc21. The average Bonchev–Trinajstić information content (AvgIpc) is 3.00.